The molecule has 0 aliphatic heterocycles. The lowest BCUT2D eigenvalue weighted by Gasteiger charge is -2.07. The molecule has 0 fully saturated rings. The van der Waals surface area contributed by atoms with Gasteiger partial charge in [0.25, 0.3) is 0 Å². The minimum Gasteiger partial charge on any atom is -0.493 e. The number of hydrogen-bond acceptors (Lipinski definition) is 4. The van der Waals surface area contributed by atoms with Crippen molar-refractivity contribution >= 4 is 12.6 Å². The summed E-state index contributed by atoms with van der Waals surface area (Å²) in [6.07, 6.45) is 4.90. The Kier molecular flexibility index (Phi) is 8.78. The molecule has 1 aromatic heterocycles. The molecule has 0 bridgehead atoms. The highest BCUT2D eigenvalue weighted by molar-refractivity contribution is 7.85. The largest absolute Gasteiger partial charge is 0.493 e. The summed E-state index contributed by atoms with van der Waals surface area (Å²) >= 11 is 3.09. The molecule has 1 aromatic carbocycles. The maximum absolute atomic E-state index is 7.18. The van der Waals surface area contributed by atoms with Crippen LogP contribution in [0.1, 0.15) is 30.7 Å². The molecule has 0 amide bonds. The fraction of sp³-hybridized carbons (Fsp3) is 0.333. The molecule has 1 heterocycles. The lowest BCUT2D eigenvalue weighted by atomic mass is 10.2. The second kappa shape index (κ2) is 10.7. The van der Waals surface area contributed by atoms with Gasteiger partial charge in [0.05, 0.1) is 6.61 Å². The van der Waals surface area contributed by atoms with E-state index in [4.69, 9.17) is 10.00 Å². The van der Waals surface area contributed by atoms with Crippen LogP contribution in [0.15, 0.2) is 42.6 Å². The number of pyridine rings is 1. The van der Waals surface area contributed by atoms with Crippen molar-refractivity contribution in [3.63, 3.8) is 0 Å². The smallest absolute Gasteiger partial charge is 0.130 e. The van der Waals surface area contributed by atoms with Crippen LogP contribution in [0.3, 0.4) is 0 Å². The molecule has 22 heavy (non-hydrogen) atoms. The number of nitrogens with zero attached hydrogens (tertiary/aromatic N) is 2. The van der Waals surface area contributed by atoms with Crippen molar-refractivity contribution in [1.29, 1.82) is 5.26 Å². The first-order valence-electron chi connectivity index (χ1n) is 7.42. The van der Waals surface area contributed by atoms with Gasteiger partial charge in [-0.05, 0) is 42.2 Å². The van der Waals surface area contributed by atoms with Gasteiger partial charge >= 0.3 is 0 Å². The first-order valence-corrected chi connectivity index (χ1v) is 7.86. The van der Waals surface area contributed by atoms with E-state index in [1.165, 1.54) is 16.5 Å². The third-order valence-corrected chi connectivity index (χ3v) is 3.25. The summed E-state index contributed by atoms with van der Waals surface area (Å²) in [5.74, 6) is 0.933. The van der Waals surface area contributed by atoms with Crippen LogP contribution >= 0.6 is 12.6 Å². The van der Waals surface area contributed by atoms with E-state index < -0.39 is 0 Å². The van der Waals surface area contributed by atoms with E-state index in [9.17, 15) is 0 Å². The van der Waals surface area contributed by atoms with Gasteiger partial charge in [0.15, 0.2) is 0 Å². The predicted molar refractivity (Wildman–Crippen MR) is 93.2 cm³/mol. The number of thiol groups is 1. The molecule has 0 aliphatic rings. The lowest BCUT2D eigenvalue weighted by Crippen LogP contribution is -2.03. The van der Waals surface area contributed by atoms with Crippen LogP contribution in [0.5, 0.6) is 5.75 Å². The molecule has 0 saturated carbocycles. The maximum Gasteiger partial charge on any atom is 0.130 e. The molecule has 116 valence electrons. The van der Waals surface area contributed by atoms with E-state index >= 15 is 0 Å². The molecule has 0 N–H and O–H groups in total. The Morgan fingerprint density at radius 2 is 1.64 bits per heavy atom. The molecule has 2 aromatic rings. The van der Waals surface area contributed by atoms with Crippen LogP contribution < -0.4 is 4.74 Å². The van der Waals surface area contributed by atoms with Crippen LogP contribution in [0.2, 0.25) is 0 Å². The highest BCUT2D eigenvalue weighted by Gasteiger charge is 1.98. The van der Waals surface area contributed by atoms with Crippen molar-refractivity contribution < 1.29 is 4.74 Å². The van der Waals surface area contributed by atoms with Gasteiger partial charge in [-0.3, -0.25) is 4.98 Å². The molecule has 2 rings (SSSR count). The SMILES string of the molecule is CCc1ccc(OCCc2ccc(CC)cn2)cc1.N#CS. The number of thiocyanates is 1. The fourth-order valence-electron chi connectivity index (χ4n) is 1.91. The summed E-state index contributed by atoms with van der Waals surface area (Å²) in [5, 5.41) is 8.63. The van der Waals surface area contributed by atoms with Gasteiger partial charge in [0.1, 0.15) is 11.2 Å². The first kappa shape index (κ1) is 18.1. The van der Waals surface area contributed by atoms with Gasteiger partial charge in [-0.15, -0.1) is 0 Å². The van der Waals surface area contributed by atoms with Crippen molar-refractivity contribution in [2.45, 2.75) is 33.1 Å². The standard InChI is InChI=1S/C17H21NO.CHNS/c1-3-14-6-9-17(10-7-14)19-12-11-16-8-5-15(4-2)13-18-16;2-1-3/h5-10,13H,3-4,11-12H2,1-2H3;3H. The van der Waals surface area contributed by atoms with E-state index in [1.54, 1.807) is 0 Å². The average molecular weight is 314 g/mol. The monoisotopic (exact) mass is 314 g/mol. The van der Waals surface area contributed by atoms with Gasteiger partial charge < -0.3 is 4.74 Å². The van der Waals surface area contributed by atoms with Gasteiger partial charge in [0, 0.05) is 18.3 Å². The van der Waals surface area contributed by atoms with Gasteiger partial charge in [-0.1, -0.05) is 44.7 Å². The van der Waals surface area contributed by atoms with Crippen molar-refractivity contribution in [2.75, 3.05) is 6.61 Å². The van der Waals surface area contributed by atoms with Crippen LogP contribution in [-0.2, 0) is 19.3 Å². The second-order valence-corrected chi connectivity index (χ2v) is 4.91. The highest BCUT2D eigenvalue weighted by atomic mass is 32.1. The van der Waals surface area contributed by atoms with Crippen LogP contribution in [0.4, 0.5) is 0 Å². The van der Waals surface area contributed by atoms with Crippen LogP contribution in [-0.4, -0.2) is 11.6 Å². The molecule has 0 atom stereocenters. The number of nitriles is 1. The van der Waals surface area contributed by atoms with Crippen molar-refractivity contribution in [1.82, 2.24) is 4.98 Å². The fourth-order valence-corrected chi connectivity index (χ4v) is 1.91. The Bertz CT molecular complexity index is 526. The Balaban J connectivity index is 0.000000745. The normalized spacial score (nSPS) is 9.36. The van der Waals surface area contributed by atoms with Crippen LogP contribution in [0.25, 0.3) is 0 Å². The zero-order chi connectivity index (χ0) is 16.2. The van der Waals surface area contributed by atoms with E-state index in [0.29, 0.717) is 6.61 Å². The van der Waals surface area contributed by atoms with E-state index in [-0.39, 0.29) is 0 Å². The minimum atomic E-state index is 0.671. The lowest BCUT2D eigenvalue weighted by molar-refractivity contribution is 0.320. The van der Waals surface area contributed by atoms with Gasteiger partial charge in [-0.2, -0.15) is 5.26 Å². The number of rotatable bonds is 6. The summed E-state index contributed by atoms with van der Waals surface area (Å²) in [5.41, 5.74) is 3.70. The first-order chi connectivity index (χ1) is 10.7. The molecule has 0 spiro atoms. The van der Waals surface area contributed by atoms with E-state index in [2.05, 4.69) is 55.7 Å². The zero-order valence-corrected chi connectivity index (χ0v) is 14.0. The molecular weight excluding hydrogens is 292 g/mol. The summed E-state index contributed by atoms with van der Waals surface area (Å²) in [7, 11) is 0. The predicted octanol–water partition coefficient (Wildman–Crippen LogP) is 4.23. The number of ether oxygens (including phenoxy) is 1. The summed E-state index contributed by atoms with van der Waals surface area (Å²) in [6, 6.07) is 12.5. The van der Waals surface area contributed by atoms with Crippen molar-refractivity contribution in [3.8, 4) is 11.2 Å². The quantitative estimate of drug-likeness (QED) is 0.641. The average Bonchev–Trinajstić information content (AvgIpc) is 2.57. The zero-order valence-electron chi connectivity index (χ0n) is 13.1. The van der Waals surface area contributed by atoms with Gasteiger partial charge in [0.2, 0.25) is 0 Å². The summed E-state index contributed by atoms with van der Waals surface area (Å²) < 4.78 is 5.73. The van der Waals surface area contributed by atoms with E-state index in [1.807, 2.05) is 18.3 Å². The molecule has 0 unspecified atom stereocenters. The summed E-state index contributed by atoms with van der Waals surface area (Å²) in [6.45, 7) is 4.96. The second-order valence-electron chi connectivity index (χ2n) is 4.71. The molecule has 0 saturated heterocycles. The Morgan fingerprint density at radius 3 is 2.14 bits per heavy atom. The Morgan fingerprint density at radius 1 is 1.05 bits per heavy atom. The van der Waals surface area contributed by atoms with Gasteiger partial charge in [-0.25, -0.2) is 0 Å². The maximum atomic E-state index is 7.18. The molecule has 4 heteroatoms. The highest BCUT2D eigenvalue weighted by Crippen LogP contribution is 2.13. The summed E-state index contributed by atoms with van der Waals surface area (Å²) in [4.78, 5) is 4.43. The number of hydrogen-bond donors (Lipinski definition) is 1. The minimum absolute atomic E-state index is 0.671. The number of benzene rings is 1. The Labute approximate surface area is 138 Å². The van der Waals surface area contributed by atoms with Crippen LogP contribution in [0, 0.1) is 10.7 Å². The molecule has 3 nitrogen and oxygen atoms in total. The molecular formula is C18H22N2OS. The number of aryl methyl sites for hydroxylation is 2. The topological polar surface area (TPSA) is 45.9 Å². The van der Waals surface area contributed by atoms with Crippen molar-refractivity contribution in [3.05, 3.63) is 59.4 Å². The molecule has 0 radical (unpaired) electrons. The number of aromatic nitrogens is 1. The third-order valence-electron chi connectivity index (χ3n) is 3.25. The third kappa shape index (κ3) is 6.64. The Hall–Kier alpha value is -1.99. The van der Waals surface area contributed by atoms with E-state index in [0.717, 1.165) is 30.7 Å². The molecule has 0 aliphatic carbocycles. The van der Waals surface area contributed by atoms with Crippen molar-refractivity contribution in [2.24, 2.45) is 0 Å².